The van der Waals surface area contributed by atoms with E-state index in [1.165, 1.54) is 0 Å². The molecule has 0 amide bonds. The first-order chi connectivity index (χ1) is 10.4. The van der Waals surface area contributed by atoms with Crippen LogP contribution in [0.5, 0.6) is 0 Å². The molecule has 22 heavy (non-hydrogen) atoms. The number of unbranched alkanes of at least 4 members (excludes halogenated alkanes) is 1. The predicted molar refractivity (Wildman–Crippen MR) is 70.5 cm³/mol. The summed E-state index contributed by atoms with van der Waals surface area (Å²) in [5.74, 6) is -4.27. The number of aliphatic hydroxyl groups excluding tert-OH is 5. The average Bonchev–Trinajstić information content (AvgIpc) is 2.78. The Morgan fingerprint density at radius 3 is 2.45 bits per heavy atom. The highest BCUT2D eigenvalue weighted by atomic mass is 16.6. The van der Waals surface area contributed by atoms with Gasteiger partial charge < -0.3 is 35.0 Å². The summed E-state index contributed by atoms with van der Waals surface area (Å²) in [6.45, 7) is -0.127. The summed E-state index contributed by atoms with van der Waals surface area (Å²) < 4.78 is 9.77. The second-order valence-electron chi connectivity index (χ2n) is 4.77. The van der Waals surface area contributed by atoms with Crippen LogP contribution >= 0.6 is 0 Å². The number of aliphatic hydroxyl groups is 5. The van der Waals surface area contributed by atoms with Crippen molar-refractivity contribution in [3.63, 3.8) is 0 Å². The Balaban J connectivity index is 3.22. The minimum absolute atomic E-state index is 0.0625. The maximum absolute atomic E-state index is 12.1. The second-order valence-corrected chi connectivity index (χ2v) is 4.77. The van der Waals surface area contributed by atoms with E-state index in [1.54, 1.807) is 0 Å². The minimum Gasteiger partial charge on any atom is -0.504 e. The summed E-state index contributed by atoms with van der Waals surface area (Å²) >= 11 is 0. The number of cyclic esters (lactones) is 1. The maximum atomic E-state index is 12.1. The fourth-order valence-electron chi connectivity index (χ4n) is 1.97. The molecule has 0 aliphatic carbocycles. The van der Waals surface area contributed by atoms with E-state index in [9.17, 15) is 24.9 Å². The van der Waals surface area contributed by atoms with Gasteiger partial charge in [-0.3, -0.25) is 4.79 Å². The molecule has 0 aromatic heterocycles. The number of Topliss-reactive ketones (excluding diaryl/α,β-unsaturated/α-hetero) is 1. The molecular weight excluding hydrogens is 300 g/mol. The van der Waals surface area contributed by atoms with Crippen LogP contribution in [0, 0.1) is 0 Å². The molecule has 0 aromatic rings. The molecule has 1 aliphatic rings. The zero-order valence-corrected chi connectivity index (χ0v) is 12.1. The molecule has 0 aromatic carbocycles. The first-order valence-corrected chi connectivity index (χ1v) is 6.78. The number of hydrogen-bond donors (Lipinski definition) is 5. The lowest BCUT2D eigenvalue weighted by molar-refractivity contribution is -0.178. The van der Waals surface area contributed by atoms with Crippen LogP contribution in [-0.4, -0.2) is 74.9 Å². The first-order valence-electron chi connectivity index (χ1n) is 6.78. The second kappa shape index (κ2) is 7.54. The standard InChI is InChI=1S/C13H20O9/c1-2-3-4-21-9-11(19)13(8(17)6-15,22-12(9)20)10(18)7(16)5-14/h7-8,14-17,19H,2-6H2,1H3/t7?,8-,13-/m0/s1. The summed E-state index contributed by atoms with van der Waals surface area (Å²) in [6.07, 6.45) is -2.74. The van der Waals surface area contributed by atoms with E-state index in [4.69, 9.17) is 19.7 Å². The zero-order chi connectivity index (χ0) is 16.9. The molecule has 5 N–H and O–H groups in total. The summed E-state index contributed by atoms with van der Waals surface area (Å²) in [7, 11) is 0. The molecule has 0 radical (unpaired) electrons. The topological polar surface area (TPSA) is 154 Å². The molecule has 1 rings (SSSR count). The lowest BCUT2D eigenvalue weighted by Gasteiger charge is -2.31. The highest BCUT2D eigenvalue weighted by molar-refractivity contribution is 6.03. The minimum atomic E-state index is -2.70. The van der Waals surface area contributed by atoms with Gasteiger partial charge in [0.05, 0.1) is 19.8 Å². The van der Waals surface area contributed by atoms with E-state index in [-0.39, 0.29) is 6.61 Å². The van der Waals surface area contributed by atoms with Crippen molar-refractivity contribution in [1.82, 2.24) is 0 Å². The number of ether oxygens (including phenoxy) is 2. The molecule has 1 heterocycles. The fourth-order valence-corrected chi connectivity index (χ4v) is 1.97. The highest BCUT2D eigenvalue weighted by Gasteiger charge is 2.61. The van der Waals surface area contributed by atoms with Gasteiger partial charge in [0, 0.05) is 0 Å². The van der Waals surface area contributed by atoms with Crippen molar-refractivity contribution in [2.75, 3.05) is 19.8 Å². The van der Waals surface area contributed by atoms with Gasteiger partial charge in [-0.2, -0.15) is 0 Å². The number of ketones is 1. The van der Waals surface area contributed by atoms with Crippen LogP contribution in [0.25, 0.3) is 0 Å². The van der Waals surface area contributed by atoms with Gasteiger partial charge in [-0.25, -0.2) is 4.79 Å². The van der Waals surface area contributed by atoms with Crippen LogP contribution in [0.3, 0.4) is 0 Å². The number of hydrogen-bond acceptors (Lipinski definition) is 9. The lowest BCUT2D eigenvalue weighted by atomic mass is 9.87. The van der Waals surface area contributed by atoms with Crippen LogP contribution in [0.1, 0.15) is 19.8 Å². The van der Waals surface area contributed by atoms with Crippen LogP contribution in [0.4, 0.5) is 0 Å². The van der Waals surface area contributed by atoms with E-state index < -0.39 is 54.3 Å². The average molecular weight is 320 g/mol. The number of carbonyl (C=O) groups is 2. The van der Waals surface area contributed by atoms with E-state index >= 15 is 0 Å². The molecule has 9 nitrogen and oxygen atoms in total. The molecule has 0 spiro atoms. The van der Waals surface area contributed by atoms with Crippen molar-refractivity contribution in [3.8, 4) is 0 Å². The summed E-state index contributed by atoms with van der Waals surface area (Å²) in [4.78, 5) is 23.9. The lowest BCUT2D eigenvalue weighted by Crippen LogP contribution is -2.57. The maximum Gasteiger partial charge on any atom is 0.378 e. The third-order valence-electron chi connectivity index (χ3n) is 3.23. The van der Waals surface area contributed by atoms with E-state index in [0.29, 0.717) is 6.42 Å². The Bertz CT molecular complexity index is 458. The molecule has 0 bridgehead atoms. The predicted octanol–water partition coefficient (Wildman–Crippen LogP) is -1.86. The van der Waals surface area contributed by atoms with Crippen LogP contribution < -0.4 is 0 Å². The van der Waals surface area contributed by atoms with Crippen LogP contribution in [0.2, 0.25) is 0 Å². The molecule has 0 saturated carbocycles. The Kier molecular flexibility index (Phi) is 6.30. The summed E-state index contributed by atoms with van der Waals surface area (Å²) in [6, 6.07) is 0. The molecule has 1 aliphatic heterocycles. The molecule has 3 atom stereocenters. The third kappa shape index (κ3) is 3.07. The smallest absolute Gasteiger partial charge is 0.378 e. The van der Waals surface area contributed by atoms with Crippen LogP contribution in [0.15, 0.2) is 11.5 Å². The number of rotatable bonds is 9. The van der Waals surface area contributed by atoms with Gasteiger partial charge in [0.2, 0.25) is 11.5 Å². The van der Waals surface area contributed by atoms with E-state index in [2.05, 4.69) is 0 Å². The van der Waals surface area contributed by atoms with Crippen molar-refractivity contribution in [3.05, 3.63) is 11.5 Å². The molecule has 126 valence electrons. The SMILES string of the molecule is CCCCOC1=C(O)[C@@](C(=O)C(O)CO)([C@@H](O)CO)OC1=O. The summed E-state index contributed by atoms with van der Waals surface area (Å²) in [5.41, 5.74) is -2.70. The largest absolute Gasteiger partial charge is 0.504 e. The Morgan fingerprint density at radius 1 is 1.32 bits per heavy atom. The van der Waals surface area contributed by atoms with Crippen LogP contribution in [-0.2, 0) is 19.1 Å². The number of carbonyl (C=O) groups excluding carboxylic acids is 2. The first kappa shape index (κ1) is 18.4. The van der Waals surface area contributed by atoms with Gasteiger partial charge >= 0.3 is 5.97 Å². The molecule has 9 heteroatoms. The van der Waals surface area contributed by atoms with Crippen molar-refractivity contribution in [2.24, 2.45) is 0 Å². The monoisotopic (exact) mass is 320 g/mol. The van der Waals surface area contributed by atoms with Gasteiger partial charge in [-0.15, -0.1) is 0 Å². The quantitative estimate of drug-likeness (QED) is 0.243. The molecule has 0 saturated heterocycles. The summed E-state index contributed by atoms with van der Waals surface area (Å²) in [5, 5.41) is 47.3. The fraction of sp³-hybridized carbons (Fsp3) is 0.692. The Hall–Kier alpha value is -1.68. The van der Waals surface area contributed by atoms with Gasteiger partial charge in [-0.1, -0.05) is 13.3 Å². The van der Waals surface area contributed by atoms with Gasteiger partial charge in [0.15, 0.2) is 5.76 Å². The third-order valence-corrected chi connectivity index (χ3v) is 3.23. The van der Waals surface area contributed by atoms with Gasteiger partial charge in [0.1, 0.15) is 12.2 Å². The zero-order valence-electron chi connectivity index (χ0n) is 12.1. The van der Waals surface area contributed by atoms with E-state index in [1.807, 2.05) is 6.92 Å². The van der Waals surface area contributed by atoms with Crippen molar-refractivity contribution in [1.29, 1.82) is 0 Å². The van der Waals surface area contributed by atoms with Crippen molar-refractivity contribution >= 4 is 11.8 Å². The van der Waals surface area contributed by atoms with E-state index in [0.717, 1.165) is 6.42 Å². The van der Waals surface area contributed by atoms with Crippen molar-refractivity contribution in [2.45, 2.75) is 37.6 Å². The molecule has 1 unspecified atom stereocenters. The highest BCUT2D eigenvalue weighted by Crippen LogP contribution is 2.36. The van der Waals surface area contributed by atoms with Crippen molar-refractivity contribution < 1.29 is 44.6 Å². The molecular formula is C13H20O9. The molecule has 0 fully saturated rings. The number of esters is 1. The normalized spacial score (nSPS) is 24.1. The Morgan fingerprint density at radius 2 is 1.95 bits per heavy atom. The van der Waals surface area contributed by atoms with Gasteiger partial charge in [-0.05, 0) is 6.42 Å². The van der Waals surface area contributed by atoms with Gasteiger partial charge in [0.25, 0.3) is 5.60 Å². The Labute approximate surface area is 126 Å².